The van der Waals surface area contributed by atoms with Crippen LogP contribution in [-0.4, -0.2) is 0 Å². The fourth-order valence-electron chi connectivity index (χ4n) is 5.79. The number of halogens is 4. The average molecular weight is 735 g/mol. The van der Waals surface area contributed by atoms with Crippen LogP contribution in [0.1, 0.15) is 29.5 Å². The molecule has 2 aliphatic rings. The van der Waals surface area contributed by atoms with Crippen LogP contribution in [0.25, 0.3) is 34.4 Å². The zero-order valence-corrected chi connectivity index (χ0v) is 28.6. The maximum atomic E-state index is 7.31. The van der Waals surface area contributed by atoms with Crippen LogP contribution in [0.5, 0.6) is 0 Å². The molecule has 6 rings (SSSR count). The third-order valence-corrected chi connectivity index (χ3v) is 32.2. The Bertz CT molecular complexity index is 1410. The van der Waals surface area contributed by atoms with Gasteiger partial charge >= 0.3 is 251 Å². The van der Waals surface area contributed by atoms with E-state index in [0.717, 1.165) is 8.26 Å². The van der Waals surface area contributed by atoms with Crippen molar-refractivity contribution in [3.05, 3.63) is 131 Å². The number of fused-ring (bicyclic) bond motifs is 2. The molecule has 190 valence electrons. The fraction of sp³-hybridized carbons (Fsp3) is 0.125. The molecule has 0 heterocycles. The minimum absolute atomic E-state index is 0.0952. The van der Waals surface area contributed by atoms with Gasteiger partial charge in [0.25, 0.3) is 0 Å². The summed E-state index contributed by atoms with van der Waals surface area (Å²) in [6.07, 6.45) is 8.86. The molecule has 0 amide bonds. The van der Waals surface area contributed by atoms with E-state index >= 15 is 0 Å². The van der Waals surface area contributed by atoms with E-state index in [9.17, 15) is 0 Å². The fourth-order valence-corrected chi connectivity index (χ4v) is 41.7. The second kappa shape index (κ2) is 11.3. The van der Waals surface area contributed by atoms with Gasteiger partial charge in [0, 0.05) is 0 Å². The van der Waals surface area contributed by atoms with Crippen LogP contribution in [0.3, 0.4) is 0 Å². The predicted molar refractivity (Wildman–Crippen MR) is 160 cm³/mol. The quantitative estimate of drug-likeness (QED) is 0.177. The van der Waals surface area contributed by atoms with Gasteiger partial charge in [-0.05, 0) is 0 Å². The molecule has 38 heavy (non-hydrogen) atoms. The summed E-state index contributed by atoms with van der Waals surface area (Å²) in [6, 6.07) is 33.9. The zero-order chi connectivity index (χ0) is 26.3. The van der Waals surface area contributed by atoms with Crippen molar-refractivity contribution in [2.24, 2.45) is 0 Å². The number of hydrogen-bond acceptors (Lipinski definition) is 0. The van der Waals surface area contributed by atoms with Crippen molar-refractivity contribution >= 4 is 46.2 Å². The van der Waals surface area contributed by atoms with Gasteiger partial charge in [-0.2, -0.15) is 0 Å². The summed E-state index contributed by atoms with van der Waals surface area (Å²) in [5, 5.41) is 0. The second-order valence-corrected chi connectivity index (χ2v) is 41.3. The van der Waals surface area contributed by atoms with E-state index in [1.165, 1.54) is 44.5 Å². The summed E-state index contributed by atoms with van der Waals surface area (Å²) in [7, 11) is 29.2. The summed E-state index contributed by atoms with van der Waals surface area (Å²) in [6.45, 7) is 0. The second-order valence-electron chi connectivity index (χ2n) is 10.0. The standard InChI is InChI=1S/2C15H11.C2H4.4ClH.2Zr/c2*1-2-6-12(7-3-1)14-10-4-8-13-9-5-11-15(13)14;1-2;;;;;;/h2*1-11H;1-2H2;4*1H;;/q;;;;;;;2*+2/p-4. The number of rotatable bonds is 7. The molecule has 4 aromatic carbocycles. The minimum atomic E-state index is -3.64. The van der Waals surface area contributed by atoms with E-state index in [2.05, 4.69) is 109 Å². The first-order chi connectivity index (χ1) is 18.4. The SMILES string of the molecule is [Cl][Zr]([Cl])([CH2][CH2][Zr]([Cl])([Cl])[CH]1C=Cc2c(-c3ccccc3)cccc21)[CH]1C=Cc2c(-c3ccccc3)cccc21. The molecule has 2 aliphatic carbocycles. The Morgan fingerprint density at radius 1 is 0.474 bits per heavy atom. The maximum absolute atomic E-state index is 7.31. The molecule has 0 spiro atoms. The summed E-state index contributed by atoms with van der Waals surface area (Å²) in [5.74, 6) is 0. The Morgan fingerprint density at radius 3 is 1.26 bits per heavy atom. The molecule has 6 heteroatoms. The molecule has 0 saturated heterocycles. The summed E-state index contributed by atoms with van der Waals surface area (Å²) < 4.78 is 1.70. The Kier molecular flexibility index (Phi) is 8.15. The molecule has 0 bridgehead atoms. The van der Waals surface area contributed by atoms with Gasteiger partial charge in [-0.3, -0.25) is 0 Å². The monoisotopic (exact) mass is 730 g/mol. The van der Waals surface area contributed by atoms with Crippen LogP contribution < -0.4 is 0 Å². The van der Waals surface area contributed by atoms with Gasteiger partial charge < -0.3 is 0 Å². The number of allylic oxidation sites excluding steroid dienone is 2. The van der Waals surface area contributed by atoms with Gasteiger partial charge in [-0.1, -0.05) is 0 Å². The molecule has 2 atom stereocenters. The van der Waals surface area contributed by atoms with E-state index in [1.807, 2.05) is 12.1 Å². The van der Waals surface area contributed by atoms with Crippen LogP contribution in [0.2, 0.25) is 8.26 Å². The van der Waals surface area contributed by atoms with Gasteiger partial charge in [0.15, 0.2) is 0 Å². The molecule has 0 saturated carbocycles. The van der Waals surface area contributed by atoms with Crippen LogP contribution in [0, 0.1) is 0 Å². The van der Waals surface area contributed by atoms with Gasteiger partial charge in [0.05, 0.1) is 0 Å². The predicted octanol–water partition coefficient (Wildman–Crippen LogP) is 11.6. The third kappa shape index (κ3) is 5.32. The van der Waals surface area contributed by atoms with E-state index in [1.54, 1.807) is 0 Å². The summed E-state index contributed by atoms with van der Waals surface area (Å²) in [4.78, 5) is 0. The van der Waals surface area contributed by atoms with Gasteiger partial charge in [0.2, 0.25) is 0 Å². The number of hydrogen-bond donors (Lipinski definition) is 0. The van der Waals surface area contributed by atoms with Crippen molar-refractivity contribution in [2.75, 3.05) is 0 Å². The average Bonchev–Trinajstić information content (AvgIpc) is 3.59. The van der Waals surface area contributed by atoms with E-state index < -0.39 is 35.8 Å². The molecule has 0 nitrogen and oxygen atoms in total. The van der Waals surface area contributed by atoms with Crippen LogP contribution in [-0.2, 0) is 35.8 Å². The molecule has 0 aliphatic heterocycles. The first kappa shape index (κ1) is 27.5. The van der Waals surface area contributed by atoms with Gasteiger partial charge in [-0.15, -0.1) is 0 Å². The molecule has 4 aromatic rings. The van der Waals surface area contributed by atoms with Crippen LogP contribution >= 0.6 is 34.1 Å². The molecular weight excluding hydrogens is 709 g/mol. The van der Waals surface area contributed by atoms with E-state index in [4.69, 9.17) is 34.1 Å². The van der Waals surface area contributed by atoms with Gasteiger partial charge in [-0.25, -0.2) is 0 Å². The van der Waals surface area contributed by atoms with E-state index in [-0.39, 0.29) is 7.25 Å². The van der Waals surface area contributed by atoms with E-state index in [0.29, 0.717) is 0 Å². The van der Waals surface area contributed by atoms with Crippen molar-refractivity contribution < 1.29 is 35.8 Å². The van der Waals surface area contributed by atoms with Crippen molar-refractivity contribution in [2.45, 2.75) is 15.5 Å². The Hall–Kier alpha value is -0.714. The molecule has 0 fully saturated rings. The van der Waals surface area contributed by atoms with Crippen LogP contribution in [0.15, 0.2) is 109 Å². The summed E-state index contributed by atoms with van der Waals surface area (Å²) in [5.41, 5.74) is 9.82. The third-order valence-electron chi connectivity index (χ3n) is 7.73. The normalized spacial score (nSPS) is 18.0. The van der Waals surface area contributed by atoms with Crippen molar-refractivity contribution in [1.29, 1.82) is 0 Å². The molecule has 2 unspecified atom stereocenters. The first-order valence-electron chi connectivity index (χ1n) is 12.8. The summed E-state index contributed by atoms with van der Waals surface area (Å²) >= 11 is -7.27. The molecule has 0 aromatic heterocycles. The van der Waals surface area contributed by atoms with Crippen LogP contribution in [0.4, 0.5) is 0 Å². The topological polar surface area (TPSA) is 0 Å². The van der Waals surface area contributed by atoms with Crippen molar-refractivity contribution in [1.82, 2.24) is 0 Å². The number of benzene rings is 4. The Morgan fingerprint density at radius 2 is 0.868 bits per heavy atom. The molecule has 0 radical (unpaired) electrons. The Labute approximate surface area is 248 Å². The zero-order valence-electron chi connectivity index (χ0n) is 20.6. The first-order valence-corrected chi connectivity index (χ1v) is 31.8. The molecular formula is C32H26Cl4Zr2. The van der Waals surface area contributed by atoms with Crippen molar-refractivity contribution in [3.63, 3.8) is 0 Å². The van der Waals surface area contributed by atoms with Gasteiger partial charge in [0.1, 0.15) is 0 Å². The van der Waals surface area contributed by atoms with Crippen molar-refractivity contribution in [3.8, 4) is 22.3 Å². The Balaban J connectivity index is 1.22. The molecule has 0 N–H and O–H groups in total.